The number of piperidine rings is 1. The first-order valence-corrected chi connectivity index (χ1v) is 7.60. The van der Waals surface area contributed by atoms with Gasteiger partial charge < -0.3 is 14.7 Å². The highest BCUT2D eigenvalue weighted by molar-refractivity contribution is 5.71. The molecule has 1 amide bonds. The Morgan fingerprint density at radius 3 is 2.52 bits per heavy atom. The number of aliphatic hydroxyl groups is 1. The largest absolute Gasteiger partial charge is 0.415 e. The number of likely N-dealkylation sites (tertiary alicyclic amines) is 1. The molecular weight excluding hydrogens is 297 g/mol. The second-order valence-electron chi connectivity index (χ2n) is 5.62. The van der Waals surface area contributed by atoms with Gasteiger partial charge in [0.15, 0.2) is 0 Å². The molecule has 2 aromatic rings. The lowest BCUT2D eigenvalue weighted by Crippen LogP contribution is -2.43. The Morgan fingerprint density at radius 1 is 1.13 bits per heavy atom. The summed E-state index contributed by atoms with van der Waals surface area (Å²) in [7, 11) is 0. The molecule has 0 bridgehead atoms. The highest BCUT2D eigenvalue weighted by Crippen LogP contribution is 2.32. The number of amides is 1. The molecule has 0 spiro atoms. The molecule has 3 rings (SSSR count). The highest BCUT2D eigenvalue weighted by atomic mass is 19.1. The fourth-order valence-electron chi connectivity index (χ4n) is 2.81. The number of hydrogen-bond acceptors (Lipinski definition) is 3. The van der Waals surface area contributed by atoms with Crippen LogP contribution in [0, 0.1) is 5.82 Å². The van der Waals surface area contributed by atoms with Crippen LogP contribution < -0.4 is 4.74 Å². The second-order valence-corrected chi connectivity index (χ2v) is 5.62. The zero-order valence-corrected chi connectivity index (χ0v) is 12.6. The minimum Gasteiger partial charge on any atom is -0.410 e. The van der Waals surface area contributed by atoms with Crippen LogP contribution in [0.5, 0.6) is 5.75 Å². The number of carbonyl (C=O) groups excluding carboxylic acids is 1. The minimum absolute atomic E-state index is 0.324. The Kier molecular flexibility index (Phi) is 4.57. The van der Waals surface area contributed by atoms with Crippen molar-refractivity contribution in [3.8, 4) is 5.75 Å². The Balaban J connectivity index is 1.80. The van der Waals surface area contributed by atoms with Crippen molar-refractivity contribution < 1.29 is 19.0 Å². The lowest BCUT2D eigenvalue weighted by molar-refractivity contribution is 0.0451. The van der Waals surface area contributed by atoms with Gasteiger partial charge in [-0.05, 0) is 42.7 Å². The number of nitrogens with zero attached hydrogens (tertiary/aromatic N) is 1. The fraction of sp³-hybridized carbons (Fsp3) is 0.278. The summed E-state index contributed by atoms with van der Waals surface area (Å²) in [5, 5.41) is 9.93. The predicted molar refractivity (Wildman–Crippen MR) is 83.6 cm³/mol. The van der Waals surface area contributed by atoms with Gasteiger partial charge in [-0.3, -0.25) is 0 Å². The molecule has 4 nitrogen and oxygen atoms in total. The first-order valence-electron chi connectivity index (χ1n) is 7.60. The first kappa shape index (κ1) is 15.5. The van der Waals surface area contributed by atoms with Crippen molar-refractivity contribution >= 4 is 6.09 Å². The summed E-state index contributed by atoms with van der Waals surface area (Å²) >= 11 is 0. The molecule has 2 aromatic carbocycles. The van der Waals surface area contributed by atoms with E-state index >= 15 is 0 Å². The van der Waals surface area contributed by atoms with Crippen LogP contribution in [0.3, 0.4) is 0 Å². The highest BCUT2D eigenvalue weighted by Gasteiger charge is 2.33. The van der Waals surface area contributed by atoms with E-state index in [1.807, 2.05) is 6.07 Å². The van der Waals surface area contributed by atoms with Gasteiger partial charge in [0.2, 0.25) is 0 Å². The molecule has 0 aliphatic carbocycles. The Morgan fingerprint density at radius 2 is 1.83 bits per heavy atom. The van der Waals surface area contributed by atoms with Crippen molar-refractivity contribution in [2.24, 2.45) is 0 Å². The van der Waals surface area contributed by atoms with Gasteiger partial charge >= 0.3 is 6.09 Å². The number of hydrogen-bond donors (Lipinski definition) is 1. The van der Waals surface area contributed by atoms with Gasteiger partial charge in [-0.2, -0.15) is 0 Å². The van der Waals surface area contributed by atoms with E-state index in [-0.39, 0.29) is 11.9 Å². The summed E-state index contributed by atoms with van der Waals surface area (Å²) in [6.07, 6.45) is -0.0276. The molecule has 5 heteroatoms. The molecule has 23 heavy (non-hydrogen) atoms. The van der Waals surface area contributed by atoms with Gasteiger partial charge in [-0.15, -0.1) is 0 Å². The molecule has 2 atom stereocenters. The lowest BCUT2D eigenvalue weighted by atomic mass is 9.94. The molecule has 1 saturated heterocycles. The van der Waals surface area contributed by atoms with Crippen LogP contribution in [0.25, 0.3) is 0 Å². The van der Waals surface area contributed by atoms with Crippen molar-refractivity contribution in [3.63, 3.8) is 0 Å². The van der Waals surface area contributed by atoms with E-state index in [1.54, 1.807) is 41.3 Å². The van der Waals surface area contributed by atoms with Crippen LogP contribution >= 0.6 is 0 Å². The lowest BCUT2D eigenvalue weighted by Gasteiger charge is -2.37. The van der Waals surface area contributed by atoms with Crippen molar-refractivity contribution in [3.05, 3.63) is 66.0 Å². The van der Waals surface area contributed by atoms with Crippen LogP contribution in [-0.4, -0.2) is 28.7 Å². The van der Waals surface area contributed by atoms with Crippen LogP contribution in [0.4, 0.5) is 9.18 Å². The predicted octanol–water partition coefficient (Wildman–Crippen LogP) is 3.52. The summed E-state index contributed by atoms with van der Waals surface area (Å²) < 4.78 is 18.5. The SMILES string of the molecule is O=C(Oc1ccccc1)N1CC[C@@H](O)C[C@@H]1c1ccc(F)cc1. The summed E-state index contributed by atoms with van der Waals surface area (Å²) in [5.74, 6) is 0.144. The molecule has 1 N–H and O–H groups in total. The van der Waals surface area contributed by atoms with E-state index in [1.165, 1.54) is 12.1 Å². The molecule has 0 aromatic heterocycles. The zero-order chi connectivity index (χ0) is 16.2. The smallest absolute Gasteiger partial charge is 0.410 e. The number of halogens is 1. The second kappa shape index (κ2) is 6.79. The Labute approximate surface area is 134 Å². The van der Waals surface area contributed by atoms with Gasteiger partial charge in [0.25, 0.3) is 0 Å². The van der Waals surface area contributed by atoms with E-state index in [0.717, 1.165) is 5.56 Å². The number of carbonyl (C=O) groups is 1. The minimum atomic E-state index is -0.481. The molecule has 1 fully saturated rings. The van der Waals surface area contributed by atoms with E-state index in [4.69, 9.17) is 4.74 Å². The van der Waals surface area contributed by atoms with Crippen LogP contribution in [-0.2, 0) is 0 Å². The monoisotopic (exact) mass is 315 g/mol. The third-order valence-corrected chi connectivity index (χ3v) is 4.01. The third kappa shape index (κ3) is 3.68. The maximum Gasteiger partial charge on any atom is 0.415 e. The van der Waals surface area contributed by atoms with Crippen molar-refractivity contribution in [2.45, 2.75) is 25.0 Å². The summed E-state index contributed by atoms with van der Waals surface area (Å²) in [5.41, 5.74) is 0.787. The number of rotatable bonds is 2. The van der Waals surface area contributed by atoms with Crippen LogP contribution in [0.1, 0.15) is 24.4 Å². The first-order chi connectivity index (χ1) is 11.1. The summed E-state index contributed by atoms with van der Waals surface area (Å²) in [6.45, 7) is 0.398. The Bertz CT molecular complexity index is 660. The molecular formula is C18H18FNO3. The maximum atomic E-state index is 13.1. The van der Waals surface area contributed by atoms with Crippen LogP contribution in [0.2, 0.25) is 0 Å². The van der Waals surface area contributed by atoms with Gasteiger partial charge in [0.1, 0.15) is 11.6 Å². The Hall–Kier alpha value is -2.40. The number of benzene rings is 2. The van der Waals surface area contributed by atoms with Gasteiger partial charge in [0.05, 0.1) is 12.1 Å². The fourth-order valence-corrected chi connectivity index (χ4v) is 2.81. The average Bonchev–Trinajstić information content (AvgIpc) is 2.56. The van der Waals surface area contributed by atoms with Gasteiger partial charge in [-0.25, -0.2) is 9.18 Å². The number of aliphatic hydroxyl groups excluding tert-OH is 1. The van der Waals surface area contributed by atoms with E-state index < -0.39 is 12.2 Å². The van der Waals surface area contributed by atoms with Crippen molar-refractivity contribution in [1.82, 2.24) is 4.90 Å². The van der Waals surface area contributed by atoms with Crippen molar-refractivity contribution in [2.75, 3.05) is 6.54 Å². The summed E-state index contributed by atoms with van der Waals surface area (Å²) in [6, 6.07) is 14.5. The zero-order valence-electron chi connectivity index (χ0n) is 12.6. The van der Waals surface area contributed by atoms with Crippen molar-refractivity contribution in [1.29, 1.82) is 0 Å². The molecule has 0 unspecified atom stereocenters. The third-order valence-electron chi connectivity index (χ3n) is 4.01. The van der Waals surface area contributed by atoms with E-state index in [9.17, 15) is 14.3 Å². The molecule has 1 aliphatic rings. The maximum absolute atomic E-state index is 13.1. The van der Waals surface area contributed by atoms with E-state index in [2.05, 4.69) is 0 Å². The van der Waals surface area contributed by atoms with E-state index in [0.29, 0.717) is 25.1 Å². The normalized spacial score (nSPS) is 21.0. The topological polar surface area (TPSA) is 49.8 Å². The number of para-hydroxylation sites is 1. The van der Waals surface area contributed by atoms with Crippen LogP contribution in [0.15, 0.2) is 54.6 Å². The average molecular weight is 315 g/mol. The molecule has 120 valence electrons. The van der Waals surface area contributed by atoms with Gasteiger partial charge in [0, 0.05) is 6.54 Å². The van der Waals surface area contributed by atoms with Gasteiger partial charge in [-0.1, -0.05) is 30.3 Å². The molecule has 1 aliphatic heterocycles. The molecule has 0 radical (unpaired) electrons. The summed E-state index contributed by atoms with van der Waals surface area (Å²) in [4.78, 5) is 14.1. The number of ether oxygens (including phenoxy) is 1. The quantitative estimate of drug-likeness (QED) is 0.922. The standard InChI is InChI=1S/C18H18FNO3/c19-14-8-6-13(7-9-14)17-12-15(21)10-11-20(17)18(22)23-16-4-2-1-3-5-16/h1-9,15,17,21H,10-12H2/t15-,17-/m1/s1. The molecule has 1 heterocycles. The molecule has 0 saturated carbocycles.